The molecule has 5 nitrogen and oxygen atoms in total. The summed E-state index contributed by atoms with van der Waals surface area (Å²) >= 11 is 11.7. The highest BCUT2D eigenvalue weighted by Gasteiger charge is 2.07. The Morgan fingerprint density at radius 1 is 1.10 bits per heavy atom. The number of benzene rings is 1. The number of guanidine groups is 1. The molecule has 0 aromatic heterocycles. The molecule has 21 heavy (non-hydrogen) atoms. The van der Waals surface area contributed by atoms with E-state index in [4.69, 9.17) is 23.2 Å². The van der Waals surface area contributed by atoms with E-state index >= 15 is 0 Å². The Kier molecular flexibility index (Phi) is 7.93. The van der Waals surface area contributed by atoms with Crippen LogP contribution in [0.4, 0.5) is 0 Å². The third kappa shape index (κ3) is 6.23. The van der Waals surface area contributed by atoms with Gasteiger partial charge in [-0.05, 0) is 24.6 Å². The third-order valence-corrected chi connectivity index (χ3v) is 3.39. The zero-order valence-electron chi connectivity index (χ0n) is 12.2. The number of hydrogen-bond donors (Lipinski definition) is 3. The standard InChI is InChI=1S/C14H20Cl2N4O/c1-3-6-19-14(17-2)20-8-7-18-13(21)10-4-5-11(15)12(16)9-10/h4-5,9H,3,6-8H2,1-2H3,(H,18,21)(H2,17,19,20). The maximum absolute atomic E-state index is 11.9. The van der Waals surface area contributed by atoms with Gasteiger partial charge < -0.3 is 16.0 Å². The summed E-state index contributed by atoms with van der Waals surface area (Å²) in [5, 5.41) is 9.85. The van der Waals surface area contributed by atoms with Crippen molar-refractivity contribution in [2.75, 3.05) is 26.7 Å². The van der Waals surface area contributed by atoms with Crippen LogP contribution in [0.1, 0.15) is 23.7 Å². The minimum absolute atomic E-state index is 0.188. The molecule has 0 fully saturated rings. The molecule has 1 rings (SSSR count). The predicted molar refractivity (Wildman–Crippen MR) is 88.5 cm³/mol. The molecule has 0 aliphatic rings. The summed E-state index contributed by atoms with van der Waals surface area (Å²) in [5.74, 6) is 0.535. The molecular formula is C14H20Cl2N4O. The van der Waals surface area contributed by atoms with Gasteiger partial charge in [-0.3, -0.25) is 9.79 Å². The van der Waals surface area contributed by atoms with Crippen molar-refractivity contribution in [1.82, 2.24) is 16.0 Å². The van der Waals surface area contributed by atoms with Gasteiger partial charge in [0.25, 0.3) is 5.91 Å². The van der Waals surface area contributed by atoms with Crippen LogP contribution < -0.4 is 16.0 Å². The fourth-order valence-corrected chi connectivity index (χ4v) is 1.86. The average molecular weight is 331 g/mol. The minimum Gasteiger partial charge on any atom is -0.356 e. The fourth-order valence-electron chi connectivity index (χ4n) is 1.56. The minimum atomic E-state index is -0.188. The van der Waals surface area contributed by atoms with Crippen LogP contribution in [0.5, 0.6) is 0 Å². The summed E-state index contributed by atoms with van der Waals surface area (Å²) in [6.07, 6.45) is 1.02. The van der Waals surface area contributed by atoms with E-state index in [1.54, 1.807) is 25.2 Å². The highest BCUT2D eigenvalue weighted by molar-refractivity contribution is 6.42. The molecule has 0 radical (unpaired) electrons. The molecule has 3 N–H and O–H groups in total. The van der Waals surface area contributed by atoms with Crippen LogP contribution in [0.2, 0.25) is 10.0 Å². The number of aliphatic imine (C=N–C) groups is 1. The van der Waals surface area contributed by atoms with Crippen molar-refractivity contribution in [2.24, 2.45) is 4.99 Å². The highest BCUT2D eigenvalue weighted by Crippen LogP contribution is 2.22. The van der Waals surface area contributed by atoms with Gasteiger partial charge >= 0.3 is 0 Å². The molecule has 0 heterocycles. The number of nitrogens with one attached hydrogen (secondary N) is 3. The number of amides is 1. The first-order valence-electron chi connectivity index (χ1n) is 6.76. The van der Waals surface area contributed by atoms with Gasteiger partial charge in [-0.25, -0.2) is 0 Å². The number of hydrogen-bond acceptors (Lipinski definition) is 2. The molecule has 116 valence electrons. The van der Waals surface area contributed by atoms with Crippen LogP contribution in [0, 0.1) is 0 Å². The number of rotatable bonds is 6. The molecule has 7 heteroatoms. The quantitative estimate of drug-likeness (QED) is 0.426. The van der Waals surface area contributed by atoms with E-state index in [2.05, 4.69) is 27.9 Å². The molecular weight excluding hydrogens is 311 g/mol. The summed E-state index contributed by atoms with van der Waals surface area (Å²) in [6, 6.07) is 4.79. The van der Waals surface area contributed by atoms with Crippen LogP contribution in [-0.2, 0) is 0 Å². The lowest BCUT2D eigenvalue weighted by atomic mass is 10.2. The largest absolute Gasteiger partial charge is 0.356 e. The molecule has 0 aliphatic heterocycles. The molecule has 0 saturated carbocycles. The van der Waals surface area contributed by atoms with Gasteiger partial charge in [0.15, 0.2) is 5.96 Å². The van der Waals surface area contributed by atoms with E-state index in [1.807, 2.05) is 0 Å². The van der Waals surface area contributed by atoms with Gasteiger partial charge in [0, 0.05) is 32.2 Å². The Morgan fingerprint density at radius 3 is 2.38 bits per heavy atom. The Hall–Kier alpha value is -1.46. The van der Waals surface area contributed by atoms with Crippen molar-refractivity contribution in [3.63, 3.8) is 0 Å². The molecule has 0 spiro atoms. The first-order valence-corrected chi connectivity index (χ1v) is 7.51. The SMILES string of the molecule is CCCNC(=NC)NCCNC(=O)c1ccc(Cl)c(Cl)c1. The number of carbonyl (C=O) groups is 1. The Bertz CT molecular complexity index is 506. The summed E-state index contributed by atoms with van der Waals surface area (Å²) in [6.45, 7) is 4.00. The van der Waals surface area contributed by atoms with Gasteiger partial charge in [-0.2, -0.15) is 0 Å². The smallest absolute Gasteiger partial charge is 0.251 e. The van der Waals surface area contributed by atoms with Crippen LogP contribution in [0.3, 0.4) is 0 Å². The van der Waals surface area contributed by atoms with Crippen molar-refractivity contribution in [3.05, 3.63) is 33.8 Å². The number of halogens is 2. The van der Waals surface area contributed by atoms with Crippen LogP contribution in [0.15, 0.2) is 23.2 Å². The maximum Gasteiger partial charge on any atom is 0.251 e. The van der Waals surface area contributed by atoms with Gasteiger partial charge in [0.1, 0.15) is 0 Å². The van der Waals surface area contributed by atoms with Crippen molar-refractivity contribution < 1.29 is 4.79 Å². The van der Waals surface area contributed by atoms with Crippen LogP contribution in [-0.4, -0.2) is 38.5 Å². The highest BCUT2D eigenvalue weighted by atomic mass is 35.5. The van der Waals surface area contributed by atoms with Gasteiger partial charge in [0.2, 0.25) is 0 Å². The molecule has 0 atom stereocenters. The third-order valence-electron chi connectivity index (χ3n) is 2.65. The fraction of sp³-hybridized carbons (Fsp3) is 0.429. The summed E-state index contributed by atoms with van der Waals surface area (Å²) in [4.78, 5) is 16.0. The predicted octanol–water partition coefficient (Wildman–Crippen LogP) is 2.30. The van der Waals surface area contributed by atoms with E-state index in [1.165, 1.54) is 0 Å². The van der Waals surface area contributed by atoms with E-state index in [0.29, 0.717) is 28.7 Å². The van der Waals surface area contributed by atoms with E-state index in [-0.39, 0.29) is 5.91 Å². The molecule has 0 bridgehead atoms. The van der Waals surface area contributed by atoms with Gasteiger partial charge in [0.05, 0.1) is 10.0 Å². The molecule has 0 aliphatic carbocycles. The van der Waals surface area contributed by atoms with E-state index < -0.39 is 0 Å². The monoisotopic (exact) mass is 330 g/mol. The lowest BCUT2D eigenvalue weighted by molar-refractivity contribution is 0.0954. The molecule has 1 amide bonds. The van der Waals surface area contributed by atoms with Crippen molar-refractivity contribution in [2.45, 2.75) is 13.3 Å². The lowest BCUT2D eigenvalue weighted by Crippen LogP contribution is -2.41. The second-order valence-electron chi connectivity index (χ2n) is 4.31. The second-order valence-corrected chi connectivity index (χ2v) is 5.12. The molecule has 1 aromatic rings. The van der Waals surface area contributed by atoms with Gasteiger partial charge in [-0.15, -0.1) is 0 Å². The number of nitrogens with zero attached hydrogens (tertiary/aromatic N) is 1. The number of carbonyl (C=O) groups excluding carboxylic acids is 1. The normalized spacial score (nSPS) is 11.1. The maximum atomic E-state index is 11.9. The van der Waals surface area contributed by atoms with Gasteiger partial charge in [-0.1, -0.05) is 30.1 Å². The first-order chi connectivity index (χ1) is 10.1. The summed E-state index contributed by atoms with van der Waals surface area (Å²) in [7, 11) is 1.71. The van der Waals surface area contributed by atoms with E-state index in [0.717, 1.165) is 18.9 Å². The Morgan fingerprint density at radius 2 is 1.76 bits per heavy atom. The average Bonchev–Trinajstić information content (AvgIpc) is 2.49. The topological polar surface area (TPSA) is 65.5 Å². The first kappa shape index (κ1) is 17.6. The van der Waals surface area contributed by atoms with Crippen molar-refractivity contribution in [3.8, 4) is 0 Å². The van der Waals surface area contributed by atoms with E-state index in [9.17, 15) is 4.79 Å². The molecule has 0 saturated heterocycles. The summed E-state index contributed by atoms with van der Waals surface area (Å²) in [5.41, 5.74) is 0.484. The lowest BCUT2D eigenvalue weighted by Gasteiger charge is -2.11. The Balaban J connectivity index is 2.35. The van der Waals surface area contributed by atoms with Crippen molar-refractivity contribution in [1.29, 1.82) is 0 Å². The second kappa shape index (κ2) is 9.47. The van der Waals surface area contributed by atoms with Crippen molar-refractivity contribution >= 4 is 35.1 Å². The molecule has 0 unspecified atom stereocenters. The van der Waals surface area contributed by atoms with Crippen LogP contribution in [0.25, 0.3) is 0 Å². The summed E-state index contributed by atoms with van der Waals surface area (Å²) < 4.78 is 0. The Labute approximate surface area is 135 Å². The zero-order chi connectivity index (χ0) is 15.7. The van der Waals surface area contributed by atoms with Crippen LogP contribution >= 0.6 is 23.2 Å². The zero-order valence-corrected chi connectivity index (χ0v) is 13.7. The molecule has 1 aromatic carbocycles.